The van der Waals surface area contributed by atoms with Gasteiger partial charge in [0.15, 0.2) is 0 Å². The van der Waals surface area contributed by atoms with E-state index in [9.17, 15) is 9.59 Å². The van der Waals surface area contributed by atoms with Crippen LogP contribution in [0.4, 0.5) is 0 Å². The fourth-order valence-corrected chi connectivity index (χ4v) is 8.80. The lowest BCUT2D eigenvalue weighted by atomic mass is 9.47. The monoisotopic (exact) mass is 414 g/mol. The van der Waals surface area contributed by atoms with E-state index in [0.29, 0.717) is 24.3 Å². The van der Waals surface area contributed by atoms with Crippen molar-refractivity contribution in [3.05, 3.63) is 0 Å². The fraction of sp³-hybridized carbons (Fsp3) is 0.923. The molecule has 30 heavy (non-hydrogen) atoms. The molecule has 0 radical (unpaired) electrons. The van der Waals surface area contributed by atoms with Gasteiger partial charge < -0.3 is 10.2 Å². The van der Waals surface area contributed by atoms with Crippen molar-refractivity contribution in [2.45, 2.75) is 103 Å². The summed E-state index contributed by atoms with van der Waals surface area (Å²) in [5.41, 5.74) is 0.463. The molecule has 0 aromatic rings. The van der Waals surface area contributed by atoms with Crippen LogP contribution in [0.3, 0.4) is 0 Å². The van der Waals surface area contributed by atoms with E-state index in [1.807, 2.05) is 0 Å². The first kappa shape index (κ1) is 20.8. The van der Waals surface area contributed by atoms with E-state index in [-0.39, 0.29) is 22.7 Å². The molecule has 2 saturated heterocycles. The average molecular weight is 415 g/mol. The van der Waals surface area contributed by atoms with Gasteiger partial charge in [-0.1, -0.05) is 33.1 Å². The van der Waals surface area contributed by atoms with Gasteiger partial charge in [-0.2, -0.15) is 0 Å². The van der Waals surface area contributed by atoms with Gasteiger partial charge in [0, 0.05) is 31.5 Å². The highest BCUT2D eigenvalue weighted by atomic mass is 16.2. The molecular weight excluding hydrogens is 372 g/mol. The average Bonchev–Trinajstić information content (AvgIpc) is 3.05. The van der Waals surface area contributed by atoms with E-state index >= 15 is 0 Å². The summed E-state index contributed by atoms with van der Waals surface area (Å²) in [5.74, 6) is 3.19. The fourth-order valence-electron chi connectivity index (χ4n) is 8.80. The van der Waals surface area contributed by atoms with Crippen LogP contribution in [0, 0.1) is 34.5 Å². The lowest BCUT2D eigenvalue weighted by molar-refractivity contribution is -0.148. The molecule has 7 atom stereocenters. The minimum absolute atomic E-state index is 0.196. The summed E-state index contributed by atoms with van der Waals surface area (Å²) in [6.07, 6.45) is 15.3. The minimum atomic E-state index is 0.196. The smallest absolute Gasteiger partial charge is 0.226 e. The summed E-state index contributed by atoms with van der Waals surface area (Å²) in [7, 11) is 0. The minimum Gasteiger partial charge on any atom is -0.353 e. The van der Waals surface area contributed by atoms with Crippen LogP contribution in [-0.4, -0.2) is 35.8 Å². The standard InChI is InChI=1S/C26H42N2O2/c1-25-14-12-20-18(8-11-22-26(20,2)15-13-23(29)27-22)19(25)9-10-21(25)24(30)28-16-6-4-3-5-7-17-28/h18-22H,3-17H2,1-2H3,(H,27,29)/t18-,19-,20-,21+,22+,25-,26+/m0/s1. The number of carbonyl (C=O) groups excluding carboxylic acids is 2. The Morgan fingerprint density at radius 3 is 2.33 bits per heavy atom. The van der Waals surface area contributed by atoms with Gasteiger partial charge in [0.2, 0.25) is 11.8 Å². The van der Waals surface area contributed by atoms with E-state index in [2.05, 4.69) is 24.1 Å². The van der Waals surface area contributed by atoms with Crippen LogP contribution >= 0.6 is 0 Å². The van der Waals surface area contributed by atoms with Crippen molar-refractivity contribution in [3.63, 3.8) is 0 Å². The van der Waals surface area contributed by atoms with E-state index in [0.717, 1.165) is 44.2 Å². The Morgan fingerprint density at radius 1 is 0.867 bits per heavy atom. The van der Waals surface area contributed by atoms with E-state index in [1.54, 1.807) is 0 Å². The number of nitrogens with zero attached hydrogens (tertiary/aromatic N) is 1. The molecule has 0 spiro atoms. The van der Waals surface area contributed by atoms with Gasteiger partial charge in [0.05, 0.1) is 0 Å². The number of nitrogens with one attached hydrogen (secondary N) is 1. The number of rotatable bonds is 1. The summed E-state index contributed by atoms with van der Waals surface area (Å²) in [6, 6.07) is 0.379. The van der Waals surface area contributed by atoms with Crippen LogP contribution in [0.25, 0.3) is 0 Å². The van der Waals surface area contributed by atoms with Gasteiger partial charge in [-0.05, 0) is 86.4 Å². The van der Waals surface area contributed by atoms with Crippen molar-refractivity contribution in [1.29, 1.82) is 0 Å². The normalized spacial score (nSPS) is 46.7. The molecule has 0 aromatic heterocycles. The number of piperidine rings is 1. The third-order valence-electron chi connectivity index (χ3n) is 10.6. The van der Waals surface area contributed by atoms with Gasteiger partial charge in [-0.15, -0.1) is 0 Å². The molecule has 3 saturated carbocycles. The molecule has 168 valence electrons. The lowest BCUT2D eigenvalue weighted by Crippen LogP contribution is -2.61. The number of fused-ring (bicyclic) bond motifs is 5. The topological polar surface area (TPSA) is 49.4 Å². The second-order valence-corrected chi connectivity index (χ2v) is 11.8. The van der Waals surface area contributed by atoms with Crippen LogP contribution in [0.1, 0.15) is 97.3 Å². The Bertz CT molecular complexity index is 685. The highest BCUT2D eigenvalue weighted by Gasteiger charge is 2.61. The molecule has 2 amide bonds. The predicted molar refractivity (Wildman–Crippen MR) is 119 cm³/mol. The zero-order valence-electron chi connectivity index (χ0n) is 19.3. The van der Waals surface area contributed by atoms with Crippen molar-refractivity contribution in [1.82, 2.24) is 10.2 Å². The van der Waals surface area contributed by atoms with Crippen LogP contribution in [0.5, 0.6) is 0 Å². The first-order valence-electron chi connectivity index (χ1n) is 13.0. The quantitative estimate of drug-likeness (QED) is 0.662. The SMILES string of the molecule is C[C@]12CCC(=O)N[C@@H]1CC[C@@H]1[C@@H]2CC[C@]2(C)[C@@H](C(=O)N3CCCCCCC3)CC[C@@H]12. The van der Waals surface area contributed by atoms with E-state index in [4.69, 9.17) is 0 Å². The molecule has 2 aliphatic heterocycles. The van der Waals surface area contributed by atoms with Crippen molar-refractivity contribution in [3.8, 4) is 0 Å². The Labute approximate surface area is 182 Å². The molecular formula is C26H42N2O2. The third kappa shape index (κ3) is 3.23. The van der Waals surface area contributed by atoms with Crippen LogP contribution in [-0.2, 0) is 9.59 Å². The highest BCUT2D eigenvalue weighted by Crippen LogP contribution is 2.65. The molecule has 0 bridgehead atoms. The molecule has 1 N–H and O–H groups in total. The summed E-state index contributed by atoms with van der Waals surface area (Å²) in [4.78, 5) is 28.0. The second-order valence-electron chi connectivity index (χ2n) is 11.8. The molecule has 4 heteroatoms. The molecule has 5 rings (SSSR count). The number of likely N-dealkylation sites (tertiary alicyclic amines) is 1. The number of hydrogen-bond donors (Lipinski definition) is 1. The van der Waals surface area contributed by atoms with Gasteiger partial charge in [0.25, 0.3) is 0 Å². The van der Waals surface area contributed by atoms with Crippen molar-refractivity contribution >= 4 is 11.8 Å². The van der Waals surface area contributed by atoms with Crippen molar-refractivity contribution < 1.29 is 9.59 Å². The number of hydrogen-bond acceptors (Lipinski definition) is 2. The number of amides is 2. The summed E-state index contributed by atoms with van der Waals surface area (Å²) < 4.78 is 0. The van der Waals surface area contributed by atoms with Gasteiger partial charge in [0.1, 0.15) is 0 Å². The van der Waals surface area contributed by atoms with Crippen LogP contribution in [0.2, 0.25) is 0 Å². The van der Waals surface area contributed by atoms with Crippen molar-refractivity contribution in [2.24, 2.45) is 34.5 Å². The Hall–Kier alpha value is -1.06. The van der Waals surface area contributed by atoms with Gasteiger partial charge in [-0.3, -0.25) is 9.59 Å². The van der Waals surface area contributed by atoms with Crippen LogP contribution in [0.15, 0.2) is 0 Å². The molecule has 0 aromatic carbocycles. The van der Waals surface area contributed by atoms with E-state index in [1.165, 1.54) is 57.8 Å². The first-order valence-corrected chi connectivity index (χ1v) is 13.0. The maximum absolute atomic E-state index is 13.7. The summed E-state index contributed by atoms with van der Waals surface area (Å²) >= 11 is 0. The third-order valence-corrected chi connectivity index (χ3v) is 10.6. The lowest BCUT2D eigenvalue weighted by Gasteiger charge is -2.60. The maximum atomic E-state index is 13.7. The maximum Gasteiger partial charge on any atom is 0.226 e. The zero-order chi connectivity index (χ0) is 20.9. The second kappa shape index (κ2) is 7.81. The molecule has 0 unspecified atom stereocenters. The largest absolute Gasteiger partial charge is 0.353 e. The molecule has 5 aliphatic rings. The predicted octanol–water partition coefficient (Wildman–Crippen LogP) is 4.92. The number of carbonyl (C=O) groups is 2. The zero-order valence-corrected chi connectivity index (χ0v) is 19.3. The van der Waals surface area contributed by atoms with Gasteiger partial charge in [-0.25, -0.2) is 0 Å². The summed E-state index contributed by atoms with van der Waals surface area (Å²) in [6.45, 7) is 6.92. The Morgan fingerprint density at radius 2 is 1.57 bits per heavy atom. The Balaban J connectivity index is 1.34. The van der Waals surface area contributed by atoms with Gasteiger partial charge >= 0.3 is 0 Å². The molecule has 5 fully saturated rings. The summed E-state index contributed by atoms with van der Waals surface area (Å²) in [5, 5.41) is 3.34. The van der Waals surface area contributed by atoms with E-state index < -0.39 is 0 Å². The molecule has 4 nitrogen and oxygen atoms in total. The first-order chi connectivity index (χ1) is 14.4. The highest BCUT2D eigenvalue weighted by molar-refractivity contribution is 5.80. The molecule has 3 aliphatic carbocycles. The van der Waals surface area contributed by atoms with Crippen molar-refractivity contribution in [2.75, 3.05) is 13.1 Å². The van der Waals surface area contributed by atoms with Crippen LogP contribution < -0.4 is 5.32 Å². The molecule has 2 heterocycles. The Kier molecular flexibility index (Phi) is 5.42.